The number of carboxylic acids is 1. The fraction of sp³-hybridized carbons (Fsp3) is 0.304. The van der Waals surface area contributed by atoms with Gasteiger partial charge in [0.2, 0.25) is 5.91 Å². The van der Waals surface area contributed by atoms with E-state index in [4.69, 9.17) is 9.90 Å². The Kier molecular flexibility index (Phi) is 8.07. The van der Waals surface area contributed by atoms with Crippen molar-refractivity contribution >= 4 is 29.5 Å². The van der Waals surface area contributed by atoms with Gasteiger partial charge in [-0.15, -0.1) is 0 Å². The van der Waals surface area contributed by atoms with Crippen LogP contribution in [0.1, 0.15) is 33.5 Å². The summed E-state index contributed by atoms with van der Waals surface area (Å²) >= 11 is 0. The first-order valence-electron chi connectivity index (χ1n) is 10.7. The average molecular weight is 492 g/mol. The van der Waals surface area contributed by atoms with E-state index in [0.717, 1.165) is 25.1 Å². The number of amides is 4. The lowest BCUT2D eigenvalue weighted by Crippen LogP contribution is -2.49. The minimum absolute atomic E-state index is 0.193. The summed E-state index contributed by atoms with van der Waals surface area (Å²) in [6.45, 7) is 2.57. The van der Waals surface area contributed by atoms with Gasteiger partial charge in [-0.05, 0) is 47.9 Å². The van der Waals surface area contributed by atoms with Gasteiger partial charge in [0.1, 0.15) is 0 Å². The second-order valence-corrected chi connectivity index (χ2v) is 7.77. The molecular formula is C23H23F3N4O5. The van der Waals surface area contributed by atoms with Crippen LogP contribution in [0.2, 0.25) is 0 Å². The van der Waals surface area contributed by atoms with Crippen molar-refractivity contribution in [2.45, 2.75) is 32.1 Å². The van der Waals surface area contributed by atoms with Crippen LogP contribution in [-0.2, 0) is 29.1 Å². The number of alkyl halides is 3. The molecule has 0 aliphatic carbocycles. The number of carboxylic acid groups (broad SMARTS) is 1. The van der Waals surface area contributed by atoms with Gasteiger partial charge in [0.05, 0.1) is 0 Å². The van der Waals surface area contributed by atoms with Crippen LogP contribution in [-0.4, -0.2) is 48.2 Å². The molecule has 1 fully saturated rings. The van der Waals surface area contributed by atoms with Crippen LogP contribution in [0.15, 0.2) is 42.5 Å². The summed E-state index contributed by atoms with van der Waals surface area (Å²) in [4.78, 5) is 46.4. The Morgan fingerprint density at radius 2 is 1.80 bits per heavy atom. The number of rotatable bonds is 4. The number of benzene rings is 2. The van der Waals surface area contributed by atoms with E-state index in [2.05, 4.69) is 28.1 Å². The Balaban J connectivity index is 0.000000429. The van der Waals surface area contributed by atoms with Crippen LogP contribution in [0.5, 0.6) is 0 Å². The third-order valence-corrected chi connectivity index (χ3v) is 5.39. The Labute approximate surface area is 198 Å². The van der Waals surface area contributed by atoms with Crippen molar-refractivity contribution in [2.24, 2.45) is 0 Å². The summed E-state index contributed by atoms with van der Waals surface area (Å²) in [5.74, 6) is -3.23. The predicted octanol–water partition coefficient (Wildman–Crippen LogP) is 2.34. The lowest BCUT2D eigenvalue weighted by Gasteiger charge is -2.26. The Morgan fingerprint density at radius 1 is 1.09 bits per heavy atom. The third kappa shape index (κ3) is 6.79. The second kappa shape index (κ2) is 11.0. The van der Waals surface area contributed by atoms with Gasteiger partial charge >= 0.3 is 18.2 Å². The molecule has 1 saturated heterocycles. The number of nitrogens with zero attached hydrogens (tertiary/aromatic N) is 1. The lowest BCUT2D eigenvalue weighted by atomic mass is 9.95. The SMILES string of the molecule is O=C(O)C(F)(F)F.O=C1CCN(c2cccc(C(=O)NCc3cccc4c3CCNC4)c2)C(=O)N1. The Bertz CT molecular complexity index is 1140. The van der Waals surface area contributed by atoms with E-state index in [-0.39, 0.29) is 18.2 Å². The van der Waals surface area contributed by atoms with Gasteiger partial charge in [-0.3, -0.25) is 19.8 Å². The first kappa shape index (κ1) is 25.7. The molecule has 0 radical (unpaired) electrons. The van der Waals surface area contributed by atoms with Crippen LogP contribution in [0.4, 0.5) is 23.7 Å². The Hall–Kier alpha value is -3.93. The molecule has 2 aliphatic rings. The maximum Gasteiger partial charge on any atom is 0.490 e. The molecule has 0 aromatic heterocycles. The number of carbonyl (C=O) groups excluding carboxylic acids is 3. The average Bonchev–Trinajstić information content (AvgIpc) is 2.82. The van der Waals surface area contributed by atoms with Crippen LogP contribution >= 0.6 is 0 Å². The van der Waals surface area contributed by atoms with Crippen LogP contribution < -0.4 is 20.9 Å². The molecule has 2 aromatic rings. The van der Waals surface area contributed by atoms with Crippen molar-refractivity contribution in [2.75, 3.05) is 18.0 Å². The van der Waals surface area contributed by atoms with Crippen molar-refractivity contribution in [3.8, 4) is 0 Å². The highest BCUT2D eigenvalue weighted by Gasteiger charge is 2.38. The van der Waals surface area contributed by atoms with Crippen molar-refractivity contribution in [1.82, 2.24) is 16.0 Å². The largest absolute Gasteiger partial charge is 0.490 e. The molecule has 0 saturated carbocycles. The van der Waals surface area contributed by atoms with E-state index in [9.17, 15) is 27.6 Å². The van der Waals surface area contributed by atoms with Gasteiger partial charge in [0.15, 0.2) is 0 Å². The van der Waals surface area contributed by atoms with Crippen molar-refractivity contribution < 1.29 is 37.5 Å². The quantitative estimate of drug-likeness (QED) is 0.519. The minimum atomic E-state index is -5.08. The summed E-state index contributed by atoms with van der Waals surface area (Å²) in [7, 11) is 0. The number of anilines is 1. The highest BCUT2D eigenvalue weighted by molar-refractivity contribution is 6.06. The van der Waals surface area contributed by atoms with E-state index in [1.807, 2.05) is 6.07 Å². The van der Waals surface area contributed by atoms with E-state index in [1.54, 1.807) is 24.3 Å². The number of nitrogens with one attached hydrogen (secondary N) is 3. The fourth-order valence-corrected chi connectivity index (χ4v) is 3.68. The monoisotopic (exact) mass is 492 g/mol. The van der Waals surface area contributed by atoms with E-state index >= 15 is 0 Å². The van der Waals surface area contributed by atoms with Crippen molar-refractivity contribution in [3.05, 3.63) is 64.7 Å². The maximum absolute atomic E-state index is 12.7. The second-order valence-electron chi connectivity index (χ2n) is 7.77. The maximum atomic E-state index is 12.7. The molecule has 12 heteroatoms. The molecular weight excluding hydrogens is 469 g/mol. The van der Waals surface area contributed by atoms with E-state index in [1.165, 1.54) is 16.0 Å². The molecule has 2 aliphatic heterocycles. The van der Waals surface area contributed by atoms with Crippen molar-refractivity contribution in [1.29, 1.82) is 0 Å². The molecule has 2 aromatic carbocycles. The summed E-state index contributed by atoms with van der Waals surface area (Å²) in [5, 5.41) is 15.8. The number of carbonyl (C=O) groups is 4. The number of aliphatic carboxylic acids is 1. The molecule has 4 rings (SSSR count). The molecule has 4 N–H and O–H groups in total. The van der Waals surface area contributed by atoms with Gasteiger partial charge in [0.25, 0.3) is 5.91 Å². The smallest absolute Gasteiger partial charge is 0.475 e. The van der Waals surface area contributed by atoms with Gasteiger partial charge in [-0.2, -0.15) is 13.2 Å². The lowest BCUT2D eigenvalue weighted by molar-refractivity contribution is -0.192. The molecule has 4 amide bonds. The molecule has 0 spiro atoms. The fourth-order valence-electron chi connectivity index (χ4n) is 3.68. The van der Waals surface area contributed by atoms with Crippen LogP contribution in [0.3, 0.4) is 0 Å². The molecule has 2 heterocycles. The molecule has 0 bridgehead atoms. The highest BCUT2D eigenvalue weighted by Crippen LogP contribution is 2.20. The number of hydrogen-bond acceptors (Lipinski definition) is 5. The Morgan fingerprint density at radius 3 is 2.49 bits per heavy atom. The normalized spacial score (nSPS) is 15.3. The molecule has 186 valence electrons. The van der Waals surface area contributed by atoms with Crippen LogP contribution in [0.25, 0.3) is 0 Å². The molecule has 0 atom stereocenters. The molecule has 0 unspecified atom stereocenters. The minimum Gasteiger partial charge on any atom is -0.475 e. The zero-order chi connectivity index (χ0) is 25.6. The summed E-state index contributed by atoms with van der Waals surface area (Å²) in [6, 6.07) is 12.6. The zero-order valence-electron chi connectivity index (χ0n) is 18.4. The number of hydrogen-bond donors (Lipinski definition) is 4. The van der Waals surface area contributed by atoms with E-state index in [0.29, 0.717) is 24.3 Å². The highest BCUT2D eigenvalue weighted by atomic mass is 19.4. The number of fused-ring (bicyclic) bond motifs is 1. The number of urea groups is 1. The number of imide groups is 1. The van der Waals surface area contributed by atoms with Gasteiger partial charge in [0, 0.05) is 37.3 Å². The first-order chi connectivity index (χ1) is 16.6. The zero-order valence-corrected chi connectivity index (χ0v) is 18.4. The predicted molar refractivity (Wildman–Crippen MR) is 119 cm³/mol. The number of halogens is 3. The summed E-state index contributed by atoms with van der Waals surface area (Å²) in [5.41, 5.74) is 4.81. The summed E-state index contributed by atoms with van der Waals surface area (Å²) < 4.78 is 31.7. The van der Waals surface area contributed by atoms with Crippen molar-refractivity contribution in [3.63, 3.8) is 0 Å². The van der Waals surface area contributed by atoms with E-state index < -0.39 is 18.2 Å². The van der Waals surface area contributed by atoms with Gasteiger partial charge in [-0.1, -0.05) is 24.3 Å². The molecule has 9 nitrogen and oxygen atoms in total. The van der Waals surface area contributed by atoms with Gasteiger partial charge < -0.3 is 15.7 Å². The standard InChI is InChI=1S/C21H22N4O3.C2HF3O2/c26-19-8-10-25(21(28)24-19)17-6-2-3-14(11-17)20(27)23-13-16-5-1-4-15-12-22-9-7-18(15)16;3-2(4,5)1(6)7/h1-6,11,22H,7-10,12-13H2,(H,23,27)(H,24,26,28);(H,6,7). The van der Waals surface area contributed by atoms with Crippen LogP contribution in [0, 0.1) is 0 Å². The molecule has 35 heavy (non-hydrogen) atoms. The third-order valence-electron chi connectivity index (χ3n) is 5.39. The topological polar surface area (TPSA) is 128 Å². The van der Waals surface area contributed by atoms with Gasteiger partial charge in [-0.25, -0.2) is 9.59 Å². The first-order valence-corrected chi connectivity index (χ1v) is 10.7. The summed E-state index contributed by atoms with van der Waals surface area (Å²) in [6.07, 6.45) is -3.88.